The second-order valence-corrected chi connectivity index (χ2v) is 6.55. The van der Waals surface area contributed by atoms with Crippen molar-refractivity contribution < 1.29 is 0 Å². The molecule has 1 aromatic rings. The Morgan fingerprint density at radius 3 is 2.96 bits per heavy atom. The standard InChI is InChI=1S/C16H29N7/c1-3-15-21-20-12-23(15)9-7-18-16(17-2)19-10-13-6-8-22(11-13)14-4-5-14/h12-14H,3-11H2,1-2H3,(H2,17,18,19). The van der Waals surface area contributed by atoms with E-state index >= 15 is 0 Å². The van der Waals surface area contributed by atoms with Crippen molar-refractivity contribution in [1.82, 2.24) is 30.3 Å². The van der Waals surface area contributed by atoms with Gasteiger partial charge in [-0.05, 0) is 31.7 Å². The highest BCUT2D eigenvalue weighted by atomic mass is 15.3. The lowest BCUT2D eigenvalue weighted by Crippen LogP contribution is -2.41. The third-order valence-corrected chi connectivity index (χ3v) is 4.82. The summed E-state index contributed by atoms with van der Waals surface area (Å²) in [6.07, 6.45) is 6.83. The molecule has 1 saturated carbocycles. The number of rotatable bonds is 7. The fourth-order valence-electron chi connectivity index (χ4n) is 3.30. The molecular formula is C16H29N7. The van der Waals surface area contributed by atoms with Crippen molar-refractivity contribution >= 4 is 5.96 Å². The smallest absolute Gasteiger partial charge is 0.191 e. The predicted molar refractivity (Wildman–Crippen MR) is 91.5 cm³/mol. The van der Waals surface area contributed by atoms with Crippen LogP contribution in [0.5, 0.6) is 0 Å². The first kappa shape index (κ1) is 16.2. The van der Waals surface area contributed by atoms with Crippen LogP contribution >= 0.6 is 0 Å². The number of likely N-dealkylation sites (tertiary alicyclic amines) is 1. The molecule has 1 saturated heterocycles. The van der Waals surface area contributed by atoms with E-state index in [1.165, 1.54) is 32.4 Å². The van der Waals surface area contributed by atoms with Gasteiger partial charge in [0.25, 0.3) is 0 Å². The molecule has 2 heterocycles. The van der Waals surface area contributed by atoms with Crippen LogP contribution in [-0.4, -0.2) is 64.9 Å². The molecule has 1 aliphatic carbocycles. The summed E-state index contributed by atoms with van der Waals surface area (Å²) in [5.41, 5.74) is 0. The van der Waals surface area contributed by atoms with E-state index in [0.717, 1.165) is 49.8 Å². The van der Waals surface area contributed by atoms with E-state index in [1.807, 2.05) is 7.05 Å². The predicted octanol–water partition coefficient (Wildman–Crippen LogP) is 0.490. The molecule has 7 heteroatoms. The van der Waals surface area contributed by atoms with Gasteiger partial charge >= 0.3 is 0 Å². The van der Waals surface area contributed by atoms with E-state index in [1.54, 1.807) is 6.33 Å². The molecule has 2 N–H and O–H groups in total. The number of nitrogens with one attached hydrogen (secondary N) is 2. The quantitative estimate of drug-likeness (QED) is 0.565. The highest BCUT2D eigenvalue weighted by Gasteiger charge is 2.34. The Kier molecular flexibility index (Phi) is 5.48. The van der Waals surface area contributed by atoms with Gasteiger partial charge in [-0.25, -0.2) is 0 Å². The molecule has 1 aliphatic heterocycles. The van der Waals surface area contributed by atoms with E-state index < -0.39 is 0 Å². The summed E-state index contributed by atoms with van der Waals surface area (Å²) in [6, 6.07) is 0.897. The lowest BCUT2D eigenvalue weighted by molar-refractivity contribution is 0.314. The first-order chi connectivity index (χ1) is 11.3. The van der Waals surface area contributed by atoms with Crippen LogP contribution in [0.3, 0.4) is 0 Å². The van der Waals surface area contributed by atoms with Gasteiger partial charge in [-0.2, -0.15) is 0 Å². The zero-order valence-corrected chi connectivity index (χ0v) is 14.3. The third kappa shape index (κ3) is 4.43. The van der Waals surface area contributed by atoms with E-state index in [0.29, 0.717) is 0 Å². The summed E-state index contributed by atoms with van der Waals surface area (Å²) in [6.45, 7) is 7.31. The summed E-state index contributed by atoms with van der Waals surface area (Å²) in [4.78, 5) is 6.97. The molecule has 3 rings (SSSR count). The molecular weight excluding hydrogens is 290 g/mol. The molecule has 0 bridgehead atoms. The zero-order valence-electron chi connectivity index (χ0n) is 14.3. The Hall–Kier alpha value is -1.63. The lowest BCUT2D eigenvalue weighted by Gasteiger charge is -2.17. The molecule has 0 aromatic carbocycles. The van der Waals surface area contributed by atoms with Gasteiger partial charge in [0.2, 0.25) is 0 Å². The Balaban J connectivity index is 1.35. The molecule has 2 fully saturated rings. The maximum Gasteiger partial charge on any atom is 0.191 e. The van der Waals surface area contributed by atoms with Gasteiger partial charge in [-0.1, -0.05) is 6.92 Å². The topological polar surface area (TPSA) is 70.4 Å². The second-order valence-electron chi connectivity index (χ2n) is 6.55. The first-order valence-corrected chi connectivity index (χ1v) is 8.85. The van der Waals surface area contributed by atoms with Crippen LogP contribution in [0.15, 0.2) is 11.3 Å². The average molecular weight is 319 g/mol. The van der Waals surface area contributed by atoms with Crippen LogP contribution in [0.25, 0.3) is 0 Å². The molecule has 0 spiro atoms. The van der Waals surface area contributed by atoms with Gasteiger partial charge in [-0.3, -0.25) is 4.99 Å². The van der Waals surface area contributed by atoms with Crippen LogP contribution in [0.2, 0.25) is 0 Å². The lowest BCUT2D eigenvalue weighted by atomic mass is 10.1. The van der Waals surface area contributed by atoms with Gasteiger partial charge in [0.1, 0.15) is 12.2 Å². The van der Waals surface area contributed by atoms with E-state index in [9.17, 15) is 0 Å². The van der Waals surface area contributed by atoms with Crippen molar-refractivity contribution in [3.05, 3.63) is 12.2 Å². The maximum absolute atomic E-state index is 4.32. The van der Waals surface area contributed by atoms with E-state index in [-0.39, 0.29) is 0 Å². The zero-order chi connectivity index (χ0) is 16.1. The third-order valence-electron chi connectivity index (χ3n) is 4.82. The van der Waals surface area contributed by atoms with Crippen molar-refractivity contribution in [3.8, 4) is 0 Å². The highest BCUT2D eigenvalue weighted by molar-refractivity contribution is 5.79. The SMILES string of the molecule is CCc1nncn1CCNC(=NC)NCC1CCN(C2CC2)C1. The summed E-state index contributed by atoms with van der Waals surface area (Å²) < 4.78 is 2.09. The number of aromatic nitrogens is 3. The molecule has 1 aromatic heterocycles. The van der Waals surface area contributed by atoms with Crippen LogP contribution in [0.1, 0.15) is 32.0 Å². The molecule has 1 unspecified atom stereocenters. The first-order valence-electron chi connectivity index (χ1n) is 8.85. The fourth-order valence-corrected chi connectivity index (χ4v) is 3.30. The molecule has 128 valence electrons. The Labute approximate surface area is 138 Å². The van der Waals surface area contributed by atoms with Gasteiger partial charge in [-0.15, -0.1) is 10.2 Å². The fraction of sp³-hybridized carbons (Fsp3) is 0.812. The number of aryl methyl sites for hydroxylation is 1. The van der Waals surface area contributed by atoms with Crippen molar-refractivity contribution in [2.75, 3.05) is 33.2 Å². The summed E-state index contributed by atoms with van der Waals surface area (Å²) in [5, 5.41) is 14.9. The minimum absolute atomic E-state index is 0.749. The van der Waals surface area contributed by atoms with Crippen LogP contribution < -0.4 is 10.6 Å². The molecule has 2 aliphatic rings. The van der Waals surface area contributed by atoms with E-state index in [2.05, 4.69) is 42.2 Å². The number of hydrogen-bond acceptors (Lipinski definition) is 4. The molecule has 1 atom stereocenters. The largest absolute Gasteiger partial charge is 0.356 e. The van der Waals surface area contributed by atoms with Crippen molar-refractivity contribution in [1.29, 1.82) is 0 Å². The summed E-state index contributed by atoms with van der Waals surface area (Å²) in [7, 11) is 1.83. The minimum Gasteiger partial charge on any atom is -0.356 e. The second kappa shape index (κ2) is 7.77. The normalized spacial score (nSPS) is 22.5. The minimum atomic E-state index is 0.749. The van der Waals surface area contributed by atoms with Crippen molar-refractivity contribution in [2.45, 2.75) is 45.2 Å². The van der Waals surface area contributed by atoms with E-state index in [4.69, 9.17) is 0 Å². The Morgan fingerprint density at radius 1 is 1.35 bits per heavy atom. The van der Waals surface area contributed by atoms with Gasteiger partial charge in [0.05, 0.1) is 0 Å². The molecule has 0 radical (unpaired) electrons. The number of nitrogens with zero attached hydrogens (tertiary/aromatic N) is 5. The molecule has 0 amide bonds. The van der Waals surface area contributed by atoms with Crippen molar-refractivity contribution in [3.63, 3.8) is 0 Å². The van der Waals surface area contributed by atoms with Gasteiger partial charge in [0, 0.05) is 45.7 Å². The molecule has 23 heavy (non-hydrogen) atoms. The Morgan fingerprint density at radius 2 is 2.22 bits per heavy atom. The van der Waals surface area contributed by atoms with Crippen LogP contribution in [-0.2, 0) is 13.0 Å². The Bertz CT molecular complexity index is 520. The molecule has 7 nitrogen and oxygen atoms in total. The van der Waals surface area contributed by atoms with Gasteiger partial charge < -0.3 is 20.1 Å². The summed E-state index contributed by atoms with van der Waals surface area (Å²) in [5.74, 6) is 2.67. The number of aliphatic imine (C=N–C) groups is 1. The van der Waals surface area contributed by atoms with Crippen LogP contribution in [0, 0.1) is 5.92 Å². The maximum atomic E-state index is 4.32. The average Bonchev–Trinajstić information content (AvgIpc) is 3.14. The monoisotopic (exact) mass is 319 g/mol. The number of guanidine groups is 1. The van der Waals surface area contributed by atoms with Crippen molar-refractivity contribution in [2.24, 2.45) is 10.9 Å². The highest BCUT2D eigenvalue weighted by Crippen LogP contribution is 2.31. The van der Waals surface area contributed by atoms with Gasteiger partial charge in [0.15, 0.2) is 5.96 Å². The summed E-state index contributed by atoms with van der Waals surface area (Å²) >= 11 is 0. The van der Waals surface area contributed by atoms with Crippen LogP contribution in [0.4, 0.5) is 0 Å². The number of hydrogen-bond donors (Lipinski definition) is 2.